The Morgan fingerprint density at radius 2 is 2.00 bits per heavy atom. The molecule has 0 spiro atoms. The first kappa shape index (κ1) is 11.7. The van der Waals surface area contributed by atoms with Crippen LogP contribution in [0, 0.1) is 0 Å². The highest BCUT2D eigenvalue weighted by atomic mass is 32.1. The highest BCUT2D eigenvalue weighted by Gasteiger charge is 2.26. The molecule has 0 saturated carbocycles. The van der Waals surface area contributed by atoms with Crippen LogP contribution in [0.2, 0.25) is 0 Å². The summed E-state index contributed by atoms with van der Waals surface area (Å²) in [6.07, 6.45) is 8.64. The molecule has 0 aromatic carbocycles. The molecule has 1 unspecified atom stereocenters. The van der Waals surface area contributed by atoms with E-state index in [0.29, 0.717) is 5.92 Å². The van der Waals surface area contributed by atoms with Crippen LogP contribution in [-0.2, 0) is 19.3 Å². The standard InChI is InChI=1S/C16H20N2S/c1-9-5-4-8-12-13(9)14-15(17)10-6-2-3-7-11(10)18-16(14)19-12/h9H,2-8H2,1H3,(H2,17,18). The van der Waals surface area contributed by atoms with E-state index in [1.165, 1.54) is 59.1 Å². The van der Waals surface area contributed by atoms with Crippen molar-refractivity contribution in [2.45, 2.75) is 57.8 Å². The van der Waals surface area contributed by atoms with Crippen molar-refractivity contribution in [1.82, 2.24) is 4.98 Å². The molecule has 4 rings (SSSR count). The van der Waals surface area contributed by atoms with Gasteiger partial charge in [0.2, 0.25) is 0 Å². The summed E-state index contributed by atoms with van der Waals surface area (Å²) >= 11 is 1.90. The molecule has 0 aliphatic heterocycles. The van der Waals surface area contributed by atoms with Gasteiger partial charge in [-0.15, -0.1) is 11.3 Å². The number of rotatable bonds is 0. The van der Waals surface area contributed by atoms with E-state index in [9.17, 15) is 0 Å². The summed E-state index contributed by atoms with van der Waals surface area (Å²) in [5.41, 5.74) is 11.8. The molecule has 2 heterocycles. The molecule has 2 aliphatic rings. The van der Waals surface area contributed by atoms with Crippen LogP contribution in [0.4, 0.5) is 5.69 Å². The Bertz CT molecular complexity index is 657. The van der Waals surface area contributed by atoms with Crippen LogP contribution in [0.15, 0.2) is 0 Å². The molecule has 2 aliphatic carbocycles. The van der Waals surface area contributed by atoms with Gasteiger partial charge in [0, 0.05) is 21.6 Å². The van der Waals surface area contributed by atoms with E-state index in [4.69, 9.17) is 10.7 Å². The molecule has 1 atom stereocenters. The summed E-state index contributed by atoms with van der Waals surface area (Å²) in [7, 11) is 0. The van der Waals surface area contributed by atoms with E-state index in [1.54, 1.807) is 4.88 Å². The Morgan fingerprint density at radius 3 is 2.89 bits per heavy atom. The van der Waals surface area contributed by atoms with Gasteiger partial charge in [0.25, 0.3) is 0 Å². The maximum atomic E-state index is 6.54. The molecule has 3 heteroatoms. The number of fused-ring (bicyclic) bond motifs is 4. The van der Waals surface area contributed by atoms with E-state index >= 15 is 0 Å². The Hall–Kier alpha value is -1.09. The van der Waals surface area contributed by atoms with E-state index in [2.05, 4.69) is 6.92 Å². The van der Waals surface area contributed by atoms with Gasteiger partial charge < -0.3 is 5.73 Å². The molecule has 2 aromatic rings. The highest BCUT2D eigenvalue weighted by Crippen LogP contribution is 2.45. The third-order valence-electron chi connectivity index (χ3n) is 4.81. The fraction of sp³-hybridized carbons (Fsp3) is 0.562. The number of hydrogen-bond acceptors (Lipinski definition) is 3. The van der Waals surface area contributed by atoms with Crippen LogP contribution in [-0.4, -0.2) is 4.98 Å². The Balaban J connectivity index is 2.05. The molecule has 2 N–H and O–H groups in total. The first-order valence-corrected chi connectivity index (χ1v) is 8.30. The van der Waals surface area contributed by atoms with Crippen LogP contribution in [0.3, 0.4) is 0 Å². The fourth-order valence-electron chi connectivity index (χ4n) is 3.81. The van der Waals surface area contributed by atoms with E-state index in [1.807, 2.05) is 11.3 Å². The molecule has 0 bridgehead atoms. The Morgan fingerprint density at radius 1 is 1.16 bits per heavy atom. The predicted octanol–water partition coefficient (Wildman–Crippen LogP) is 4.20. The molecule has 0 amide bonds. The van der Waals surface area contributed by atoms with Crippen molar-refractivity contribution in [2.75, 3.05) is 5.73 Å². The summed E-state index contributed by atoms with van der Waals surface area (Å²) < 4.78 is 0. The monoisotopic (exact) mass is 272 g/mol. The van der Waals surface area contributed by atoms with Gasteiger partial charge in [0.05, 0.1) is 0 Å². The lowest BCUT2D eigenvalue weighted by atomic mass is 9.85. The minimum atomic E-state index is 0.656. The number of anilines is 1. The minimum Gasteiger partial charge on any atom is -0.398 e. The highest BCUT2D eigenvalue weighted by molar-refractivity contribution is 7.19. The Kier molecular flexibility index (Phi) is 2.59. The normalized spacial score (nSPS) is 22.3. The summed E-state index contributed by atoms with van der Waals surface area (Å²) in [6.45, 7) is 2.35. The lowest BCUT2D eigenvalue weighted by molar-refractivity contribution is 0.602. The summed E-state index contributed by atoms with van der Waals surface area (Å²) in [4.78, 5) is 7.71. The maximum Gasteiger partial charge on any atom is 0.126 e. The third-order valence-corrected chi connectivity index (χ3v) is 5.97. The van der Waals surface area contributed by atoms with Gasteiger partial charge in [0.1, 0.15) is 4.83 Å². The second kappa shape index (κ2) is 4.20. The lowest BCUT2D eigenvalue weighted by Crippen LogP contribution is -2.10. The number of nitrogen functional groups attached to an aromatic ring is 1. The van der Waals surface area contributed by atoms with Crippen molar-refractivity contribution in [3.63, 3.8) is 0 Å². The average molecular weight is 272 g/mol. The predicted molar refractivity (Wildman–Crippen MR) is 82.0 cm³/mol. The molecule has 0 fully saturated rings. The molecule has 0 radical (unpaired) electrons. The zero-order valence-electron chi connectivity index (χ0n) is 11.5. The van der Waals surface area contributed by atoms with Crippen molar-refractivity contribution in [3.05, 3.63) is 21.7 Å². The summed E-state index contributed by atoms with van der Waals surface area (Å²) in [5, 5.41) is 1.31. The molecule has 2 nitrogen and oxygen atoms in total. The van der Waals surface area contributed by atoms with Crippen LogP contribution < -0.4 is 5.73 Å². The third kappa shape index (κ3) is 1.64. The van der Waals surface area contributed by atoms with Crippen LogP contribution in [0.25, 0.3) is 10.2 Å². The van der Waals surface area contributed by atoms with Crippen LogP contribution in [0.1, 0.15) is 60.2 Å². The van der Waals surface area contributed by atoms with Crippen molar-refractivity contribution in [3.8, 4) is 0 Å². The minimum absolute atomic E-state index is 0.656. The molecule has 2 aromatic heterocycles. The second-order valence-corrected chi connectivity index (χ2v) is 7.15. The first-order chi connectivity index (χ1) is 9.25. The van der Waals surface area contributed by atoms with Gasteiger partial charge in [-0.1, -0.05) is 6.92 Å². The molecule has 100 valence electrons. The van der Waals surface area contributed by atoms with Gasteiger partial charge in [0.15, 0.2) is 0 Å². The summed E-state index contributed by atoms with van der Waals surface area (Å²) in [6, 6.07) is 0. The number of aryl methyl sites for hydroxylation is 2. The molecule has 19 heavy (non-hydrogen) atoms. The van der Waals surface area contributed by atoms with Crippen molar-refractivity contribution < 1.29 is 0 Å². The van der Waals surface area contributed by atoms with Crippen molar-refractivity contribution in [1.29, 1.82) is 0 Å². The van der Waals surface area contributed by atoms with Crippen molar-refractivity contribution >= 4 is 27.2 Å². The maximum absolute atomic E-state index is 6.54. The van der Waals surface area contributed by atoms with E-state index < -0.39 is 0 Å². The van der Waals surface area contributed by atoms with E-state index in [-0.39, 0.29) is 0 Å². The largest absolute Gasteiger partial charge is 0.398 e. The van der Waals surface area contributed by atoms with Gasteiger partial charge in [-0.25, -0.2) is 4.98 Å². The number of nitrogens with zero attached hydrogens (tertiary/aromatic N) is 1. The Labute approximate surface area is 118 Å². The van der Waals surface area contributed by atoms with Crippen molar-refractivity contribution in [2.24, 2.45) is 0 Å². The van der Waals surface area contributed by atoms with E-state index in [0.717, 1.165) is 18.5 Å². The SMILES string of the molecule is CC1CCCc2sc3nc4c(c(N)c3c21)CCCC4. The first-order valence-electron chi connectivity index (χ1n) is 7.48. The number of aromatic nitrogens is 1. The smallest absolute Gasteiger partial charge is 0.126 e. The topological polar surface area (TPSA) is 38.9 Å². The average Bonchev–Trinajstić information content (AvgIpc) is 2.79. The molecular weight excluding hydrogens is 252 g/mol. The zero-order valence-corrected chi connectivity index (χ0v) is 12.3. The van der Waals surface area contributed by atoms with Gasteiger partial charge >= 0.3 is 0 Å². The number of pyridine rings is 1. The number of hydrogen-bond donors (Lipinski definition) is 1. The van der Waals surface area contributed by atoms with Crippen LogP contribution in [0.5, 0.6) is 0 Å². The van der Waals surface area contributed by atoms with Gasteiger partial charge in [-0.2, -0.15) is 0 Å². The quantitative estimate of drug-likeness (QED) is 0.780. The molecular formula is C16H20N2S. The lowest BCUT2D eigenvalue weighted by Gasteiger charge is -2.21. The molecule has 0 saturated heterocycles. The fourth-order valence-corrected chi connectivity index (χ4v) is 5.18. The second-order valence-electron chi connectivity index (χ2n) is 6.07. The zero-order chi connectivity index (χ0) is 13.0. The van der Waals surface area contributed by atoms with Gasteiger partial charge in [-0.05, 0) is 62.0 Å². The number of nitrogens with two attached hydrogens (primary N) is 1. The number of thiophene rings is 1. The van der Waals surface area contributed by atoms with Gasteiger partial charge in [-0.3, -0.25) is 0 Å². The summed E-state index contributed by atoms with van der Waals surface area (Å²) in [5.74, 6) is 0.656. The van der Waals surface area contributed by atoms with Crippen LogP contribution >= 0.6 is 11.3 Å².